The van der Waals surface area contributed by atoms with Gasteiger partial charge in [0.2, 0.25) is 0 Å². The molecule has 0 bridgehead atoms. The number of benzene rings is 1. The van der Waals surface area contributed by atoms with E-state index in [1.165, 1.54) is 0 Å². The third-order valence-corrected chi connectivity index (χ3v) is 3.06. The van der Waals surface area contributed by atoms with Gasteiger partial charge in [0.25, 0.3) is 0 Å². The van der Waals surface area contributed by atoms with Crippen LogP contribution in [0.2, 0.25) is 0 Å². The summed E-state index contributed by atoms with van der Waals surface area (Å²) < 4.78 is 52.1. The Morgan fingerprint density at radius 1 is 1.06 bits per heavy atom. The van der Waals surface area contributed by atoms with Gasteiger partial charge < -0.3 is 5.32 Å². The van der Waals surface area contributed by atoms with Gasteiger partial charge in [-0.3, -0.25) is 0 Å². The van der Waals surface area contributed by atoms with Gasteiger partial charge in [-0.1, -0.05) is 6.42 Å². The summed E-state index contributed by atoms with van der Waals surface area (Å²) >= 11 is 0. The molecule has 5 heteroatoms. The molecule has 1 aromatic rings. The van der Waals surface area contributed by atoms with Gasteiger partial charge in [0, 0.05) is 6.04 Å². The van der Waals surface area contributed by atoms with Gasteiger partial charge >= 0.3 is 0 Å². The Bertz CT molecular complexity index is 413. The maximum atomic E-state index is 13.4. The number of piperidine rings is 1. The van der Waals surface area contributed by atoms with Crippen molar-refractivity contribution in [2.75, 3.05) is 6.54 Å². The van der Waals surface area contributed by atoms with E-state index in [0.717, 1.165) is 31.9 Å². The number of rotatable bonds is 2. The van der Waals surface area contributed by atoms with Crippen LogP contribution < -0.4 is 5.32 Å². The van der Waals surface area contributed by atoms with Crippen molar-refractivity contribution in [1.82, 2.24) is 5.32 Å². The van der Waals surface area contributed by atoms with E-state index in [0.29, 0.717) is 0 Å². The first-order valence-corrected chi connectivity index (χ1v) is 5.65. The van der Waals surface area contributed by atoms with Crippen LogP contribution in [0.4, 0.5) is 17.6 Å². The van der Waals surface area contributed by atoms with E-state index >= 15 is 0 Å². The zero-order chi connectivity index (χ0) is 12.4. The smallest absolute Gasteiger partial charge is 0.197 e. The number of nitrogens with one attached hydrogen (secondary N) is 1. The standard InChI is InChI=1S/C12H13F4N/c13-9-6-7(10(14)12(16)11(9)15)5-8-3-1-2-4-17-8/h6,8,17H,1-5H2. The predicted molar refractivity (Wildman–Crippen MR) is 55.6 cm³/mol. The summed E-state index contributed by atoms with van der Waals surface area (Å²) in [5, 5.41) is 3.14. The highest BCUT2D eigenvalue weighted by Crippen LogP contribution is 2.21. The molecule has 1 unspecified atom stereocenters. The summed E-state index contributed by atoms with van der Waals surface area (Å²) in [6.45, 7) is 0.818. The fourth-order valence-corrected chi connectivity index (χ4v) is 2.13. The van der Waals surface area contributed by atoms with Crippen molar-refractivity contribution in [2.24, 2.45) is 0 Å². The number of hydrogen-bond acceptors (Lipinski definition) is 1. The van der Waals surface area contributed by atoms with Crippen molar-refractivity contribution in [3.8, 4) is 0 Å². The van der Waals surface area contributed by atoms with Crippen LogP contribution >= 0.6 is 0 Å². The van der Waals surface area contributed by atoms with Crippen LogP contribution in [0.15, 0.2) is 6.07 Å². The molecule has 2 rings (SSSR count). The maximum absolute atomic E-state index is 13.4. The van der Waals surface area contributed by atoms with Crippen molar-refractivity contribution in [1.29, 1.82) is 0 Å². The fourth-order valence-electron chi connectivity index (χ4n) is 2.13. The van der Waals surface area contributed by atoms with Gasteiger partial charge in [-0.25, -0.2) is 17.6 Å². The number of halogens is 4. The molecule has 0 radical (unpaired) electrons. The molecule has 1 N–H and O–H groups in total. The van der Waals surface area contributed by atoms with Gasteiger partial charge in [0.1, 0.15) is 0 Å². The summed E-state index contributed by atoms with van der Waals surface area (Å²) in [6, 6.07) is 0.742. The molecule has 1 fully saturated rings. The Morgan fingerprint density at radius 2 is 1.82 bits per heavy atom. The molecule has 0 aliphatic carbocycles. The minimum absolute atomic E-state index is 0.00233. The molecule has 17 heavy (non-hydrogen) atoms. The molecule has 0 saturated carbocycles. The molecule has 1 atom stereocenters. The Labute approximate surface area is 96.8 Å². The average Bonchev–Trinajstić information content (AvgIpc) is 2.35. The molecule has 1 heterocycles. The zero-order valence-corrected chi connectivity index (χ0v) is 9.20. The van der Waals surface area contributed by atoms with Crippen molar-refractivity contribution >= 4 is 0 Å². The molecule has 1 saturated heterocycles. The summed E-state index contributed by atoms with van der Waals surface area (Å²) in [7, 11) is 0. The van der Waals surface area contributed by atoms with E-state index < -0.39 is 23.3 Å². The summed E-state index contributed by atoms with van der Waals surface area (Å²) in [6.07, 6.45) is 3.07. The molecule has 0 spiro atoms. The molecular formula is C12H13F4N. The zero-order valence-electron chi connectivity index (χ0n) is 9.20. The summed E-state index contributed by atoms with van der Waals surface area (Å²) in [4.78, 5) is 0. The van der Waals surface area contributed by atoms with E-state index in [9.17, 15) is 17.6 Å². The monoisotopic (exact) mass is 247 g/mol. The molecule has 1 nitrogen and oxygen atoms in total. The molecule has 0 aromatic heterocycles. The van der Waals surface area contributed by atoms with Crippen LogP contribution in [0, 0.1) is 23.3 Å². The lowest BCUT2D eigenvalue weighted by molar-refractivity contribution is 0.378. The second kappa shape index (κ2) is 5.04. The van der Waals surface area contributed by atoms with Crippen LogP contribution in [0.5, 0.6) is 0 Å². The lowest BCUT2D eigenvalue weighted by atomic mass is 9.97. The first-order valence-electron chi connectivity index (χ1n) is 5.65. The molecule has 1 aromatic carbocycles. The van der Waals surface area contributed by atoms with E-state index in [1.807, 2.05) is 0 Å². The number of hydrogen-bond donors (Lipinski definition) is 1. The lowest BCUT2D eigenvalue weighted by Crippen LogP contribution is -2.35. The minimum atomic E-state index is -1.75. The second-order valence-corrected chi connectivity index (χ2v) is 4.31. The van der Waals surface area contributed by atoms with E-state index in [1.54, 1.807) is 0 Å². The molecule has 1 aliphatic heterocycles. The highest BCUT2D eigenvalue weighted by Gasteiger charge is 2.21. The molecule has 1 aliphatic rings. The highest BCUT2D eigenvalue weighted by molar-refractivity contribution is 5.22. The van der Waals surface area contributed by atoms with Crippen molar-refractivity contribution in [3.05, 3.63) is 34.9 Å². The first kappa shape index (κ1) is 12.4. The Hall–Kier alpha value is -1.10. The Kier molecular flexibility index (Phi) is 3.66. The topological polar surface area (TPSA) is 12.0 Å². The van der Waals surface area contributed by atoms with Crippen LogP contribution in [-0.4, -0.2) is 12.6 Å². The lowest BCUT2D eigenvalue weighted by Gasteiger charge is -2.23. The SMILES string of the molecule is Fc1cc(CC2CCCCN2)c(F)c(F)c1F. The maximum Gasteiger partial charge on any atom is 0.197 e. The minimum Gasteiger partial charge on any atom is -0.314 e. The third-order valence-electron chi connectivity index (χ3n) is 3.06. The Morgan fingerprint density at radius 3 is 2.47 bits per heavy atom. The van der Waals surface area contributed by atoms with E-state index in [4.69, 9.17) is 0 Å². The molecular weight excluding hydrogens is 234 g/mol. The van der Waals surface area contributed by atoms with E-state index in [2.05, 4.69) is 5.32 Å². The molecule has 94 valence electrons. The van der Waals surface area contributed by atoms with Crippen molar-refractivity contribution < 1.29 is 17.6 Å². The third kappa shape index (κ3) is 2.60. The average molecular weight is 247 g/mol. The predicted octanol–water partition coefficient (Wildman–Crippen LogP) is 2.93. The Balaban J connectivity index is 2.20. The largest absolute Gasteiger partial charge is 0.314 e. The van der Waals surface area contributed by atoms with Gasteiger partial charge in [0.15, 0.2) is 23.3 Å². The van der Waals surface area contributed by atoms with E-state index in [-0.39, 0.29) is 18.0 Å². The highest BCUT2D eigenvalue weighted by atomic mass is 19.2. The van der Waals surface area contributed by atoms with Crippen LogP contribution in [0.3, 0.4) is 0 Å². The summed E-state index contributed by atoms with van der Waals surface area (Å²) in [5.41, 5.74) is -0.110. The first-order chi connectivity index (χ1) is 8.09. The van der Waals surface area contributed by atoms with Gasteiger partial charge in [-0.15, -0.1) is 0 Å². The van der Waals surface area contributed by atoms with Crippen LogP contribution in [-0.2, 0) is 6.42 Å². The van der Waals surface area contributed by atoms with Crippen LogP contribution in [0.25, 0.3) is 0 Å². The van der Waals surface area contributed by atoms with Gasteiger partial charge in [-0.2, -0.15) is 0 Å². The van der Waals surface area contributed by atoms with Gasteiger partial charge in [0.05, 0.1) is 0 Å². The van der Waals surface area contributed by atoms with Crippen molar-refractivity contribution in [2.45, 2.75) is 31.7 Å². The fraction of sp³-hybridized carbons (Fsp3) is 0.500. The van der Waals surface area contributed by atoms with Crippen molar-refractivity contribution in [3.63, 3.8) is 0 Å². The normalized spacial score (nSPS) is 20.6. The van der Waals surface area contributed by atoms with Gasteiger partial charge in [-0.05, 0) is 37.4 Å². The summed E-state index contributed by atoms with van der Waals surface area (Å²) in [5.74, 6) is -6.09. The quantitative estimate of drug-likeness (QED) is 0.481. The molecule has 0 amide bonds. The van der Waals surface area contributed by atoms with Crippen LogP contribution in [0.1, 0.15) is 24.8 Å². The second-order valence-electron chi connectivity index (χ2n) is 4.31.